The quantitative estimate of drug-likeness (QED) is 0.651. The molecule has 0 bridgehead atoms. The average Bonchev–Trinajstić information content (AvgIpc) is 2.88. The maximum absolute atomic E-state index is 12.0. The number of carbonyl (C=O) groups is 1. The number of hydrogen-bond donors (Lipinski definition) is 2. The summed E-state index contributed by atoms with van der Waals surface area (Å²) < 4.78 is 5.47. The van der Waals surface area contributed by atoms with Gasteiger partial charge in [-0.1, -0.05) is 13.8 Å². The zero-order valence-corrected chi connectivity index (χ0v) is 12.7. The zero-order valence-electron chi connectivity index (χ0n) is 12.7. The minimum Gasteiger partial charge on any atom is -0.466 e. The van der Waals surface area contributed by atoms with E-state index in [1.807, 2.05) is 13.8 Å². The minimum absolute atomic E-state index is 0.00151. The summed E-state index contributed by atoms with van der Waals surface area (Å²) in [6, 6.07) is 3.50. The molecule has 0 aliphatic carbocycles. The molecule has 2 aromatic rings. The van der Waals surface area contributed by atoms with Gasteiger partial charge in [-0.25, -0.2) is 0 Å². The summed E-state index contributed by atoms with van der Waals surface area (Å²) in [7, 11) is 0. The number of nitrogens with two attached hydrogens (primary N) is 1. The molecule has 7 nitrogen and oxygen atoms in total. The number of rotatable bonds is 5. The second-order valence-electron chi connectivity index (χ2n) is 5.63. The number of nitro benzene ring substituents is 1. The van der Waals surface area contributed by atoms with Crippen molar-refractivity contribution in [2.75, 3.05) is 0 Å². The molecule has 0 fully saturated rings. The largest absolute Gasteiger partial charge is 0.466 e. The van der Waals surface area contributed by atoms with Crippen LogP contribution in [-0.2, 0) is 4.79 Å². The number of hydrogen-bond acceptors (Lipinski definition) is 5. The summed E-state index contributed by atoms with van der Waals surface area (Å²) in [4.78, 5) is 22.3. The van der Waals surface area contributed by atoms with Crippen LogP contribution < -0.4 is 11.1 Å². The smallest absolute Gasteiger partial charge is 0.270 e. The van der Waals surface area contributed by atoms with Gasteiger partial charge in [0.15, 0.2) is 0 Å². The SMILES string of the molecule is CC(NC(=O)[C@@H](N)C(C)C)c1occ2cc([N+](=O)[O-])ccc12. The number of fused-ring (bicyclic) bond motifs is 1. The van der Waals surface area contributed by atoms with Gasteiger partial charge in [0.05, 0.1) is 23.3 Å². The Morgan fingerprint density at radius 1 is 1.36 bits per heavy atom. The van der Waals surface area contributed by atoms with E-state index in [-0.39, 0.29) is 23.6 Å². The monoisotopic (exact) mass is 305 g/mol. The summed E-state index contributed by atoms with van der Waals surface area (Å²) >= 11 is 0. The van der Waals surface area contributed by atoms with Crippen molar-refractivity contribution in [3.8, 4) is 0 Å². The Hall–Kier alpha value is -2.41. The van der Waals surface area contributed by atoms with Gasteiger partial charge in [-0.05, 0) is 18.9 Å². The highest BCUT2D eigenvalue weighted by atomic mass is 16.6. The predicted molar refractivity (Wildman–Crippen MR) is 82.2 cm³/mol. The van der Waals surface area contributed by atoms with Crippen LogP contribution in [0.5, 0.6) is 0 Å². The third-order valence-electron chi connectivity index (χ3n) is 3.60. The molecule has 0 radical (unpaired) electrons. The first-order chi connectivity index (χ1) is 10.3. The molecule has 1 unspecified atom stereocenters. The zero-order chi connectivity index (χ0) is 16.4. The third kappa shape index (κ3) is 3.09. The molecule has 0 spiro atoms. The van der Waals surface area contributed by atoms with Crippen LogP contribution in [0.4, 0.5) is 5.69 Å². The Morgan fingerprint density at radius 3 is 2.64 bits per heavy atom. The number of non-ortho nitro benzene ring substituents is 1. The molecule has 1 aromatic heterocycles. The fraction of sp³-hybridized carbons (Fsp3) is 0.400. The molecule has 7 heteroatoms. The van der Waals surface area contributed by atoms with Crippen LogP contribution in [0.25, 0.3) is 10.8 Å². The summed E-state index contributed by atoms with van der Waals surface area (Å²) in [5.74, 6) is 0.325. The molecule has 1 amide bonds. The van der Waals surface area contributed by atoms with Crippen molar-refractivity contribution in [1.29, 1.82) is 0 Å². The van der Waals surface area contributed by atoms with E-state index in [1.54, 1.807) is 13.0 Å². The van der Waals surface area contributed by atoms with E-state index >= 15 is 0 Å². The molecule has 1 aromatic carbocycles. The van der Waals surface area contributed by atoms with Crippen molar-refractivity contribution in [1.82, 2.24) is 5.32 Å². The molecular formula is C15H19N3O4. The first-order valence-electron chi connectivity index (χ1n) is 7.02. The van der Waals surface area contributed by atoms with Gasteiger partial charge in [0.2, 0.25) is 5.91 Å². The number of amides is 1. The van der Waals surface area contributed by atoms with Crippen LogP contribution in [0.15, 0.2) is 28.9 Å². The maximum Gasteiger partial charge on any atom is 0.270 e. The number of benzene rings is 1. The molecular weight excluding hydrogens is 286 g/mol. The molecule has 2 rings (SSSR count). The minimum atomic E-state index is -0.593. The second-order valence-corrected chi connectivity index (χ2v) is 5.63. The predicted octanol–water partition coefficient (Wildman–Crippen LogP) is 2.50. The number of furan rings is 1. The van der Waals surface area contributed by atoms with Crippen LogP contribution >= 0.6 is 0 Å². The highest BCUT2D eigenvalue weighted by molar-refractivity contribution is 5.87. The summed E-state index contributed by atoms with van der Waals surface area (Å²) in [6.07, 6.45) is 1.45. The first-order valence-corrected chi connectivity index (χ1v) is 7.02. The standard InChI is InChI=1S/C15H19N3O4/c1-8(2)13(16)15(19)17-9(3)14-12-5-4-11(18(20)21)6-10(12)7-22-14/h4-9,13H,16H2,1-3H3,(H,17,19)/t9?,13-/m0/s1. The van der Waals surface area contributed by atoms with Crippen molar-refractivity contribution in [2.24, 2.45) is 11.7 Å². The van der Waals surface area contributed by atoms with Crippen LogP contribution in [0, 0.1) is 16.0 Å². The molecule has 2 atom stereocenters. The van der Waals surface area contributed by atoms with Gasteiger partial charge in [-0.3, -0.25) is 14.9 Å². The first kappa shape index (κ1) is 16.0. The van der Waals surface area contributed by atoms with E-state index in [4.69, 9.17) is 10.2 Å². The van der Waals surface area contributed by atoms with Gasteiger partial charge < -0.3 is 15.5 Å². The Bertz CT molecular complexity index is 708. The van der Waals surface area contributed by atoms with Gasteiger partial charge in [0, 0.05) is 22.9 Å². The van der Waals surface area contributed by atoms with Gasteiger partial charge in [-0.2, -0.15) is 0 Å². The van der Waals surface area contributed by atoms with Crippen LogP contribution in [0.1, 0.15) is 32.6 Å². The van der Waals surface area contributed by atoms with Gasteiger partial charge >= 0.3 is 0 Å². The Balaban J connectivity index is 2.24. The lowest BCUT2D eigenvalue weighted by molar-refractivity contribution is -0.384. The van der Waals surface area contributed by atoms with Crippen LogP contribution in [0.3, 0.4) is 0 Å². The lowest BCUT2D eigenvalue weighted by Crippen LogP contribution is -2.44. The van der Waals surface area contributed by atoms with Crippen molar-refractivity contribution in [3.05, 3.63) is 40.3 Å². The van der Waals surface area contributed by atoms with E-state index in [2.05, 4.69) is 5.32 Å². The third-order valence-corrected chi connectivity index (χ3v) is 3.60. The van der Waals surface area contributed by atoms with Crippen LogP contribution in [0.2, 0.25) is 0 Å². The van der Waals surface area contributed by atoms with Crippen molar-refractivity contribution in [3.63, 3.8) is 0 Å². The molecule has 1 heterocycles. The molecule has 22 heavy (non-hydrogen) atoms. The second kappa shape index (κ2) is 6.15. The number of carbonyl (C=O) groups excluding carboxylic acids is 1. The van der Waals surface area contributed by atoms with Gasteiger partial charge in [0.1, 0.15) is 5.76 Å². The van der Waals surface area contributed by atoms with Gasteiger partial charge in [0.25, 0.3) is 5.69 Å². The highest BCUT2D eigenvalue weighted by Gasteiger charge is 2.22. The number of nitrogens with zero attached hydrogens (tertiary/aromatic N) is 1. The molecule has 118 valence electrons. The Labute approximate surface area is 127 Å². The molecule has 0 saturated carbocycles. The maximum atomic E-state index is 12.0. The van der Waals surface area contributed by atoms with E-state index in [9.17, 15) is 14.9 Å². The number of nitrogens with one attached hydrogen (secondary N) is 1. The molecule has 0 aliphatic heterocycles. The summed E-state index contributed by atoms with van der Waals surface area (Å²) in [5.41, 5.74) is 5.81. The highest BCUT2D eigenvalue weighted by Crippen LogP contribution is 2.29. The number of nitro groups is 1. The van der Waals surface area contributed by atoms with Crippen molar-refractivity contribution >= 4 is 22.4 Å². The summed E-state index contributed by atoms with van der Waals surface area (Å²) in [5, 5.41) is 14.9. The molecule has 0 aliphatic rings. The molecule has 0 saturated heterocycles. The van der Waals surface area contributed by atoms with Gasteiger partial charge in [-0.15, -0.1) is 0 Å². The Kier molecular flexibility index (Phi) is 4.46. The van der Waals surface area contributed by atoms with Crippen molar-refractivity contribution < 1.29 is 14.1 Å². The van der Waals surface area contributed by atoms with E-state index < -0.39 is 11.0 Å². The topological polar surface area (TPSA) is 111 Å². The van der Waals surface area contributed by atoms with Crippen molar-refractivity contribution in [2.45, 2.75) is 32.9 Å². The lowest BCUT2D eigenvalue weighted by Gasteiger charge is -2.18. The Morgan fingerprint density at radius 2 is 2.05 bits per heavy atom. The average molecular weight is 305 g/mol. The van der Waals surface area contributed by atoms with Crippen LogP contribution in [-0.4, -0.2) is 16.9 Å². The fourth-order valence-electron chi connectivity index (χ4n) is 2.19. The fourth-order valence-corrected chi connectivity index (χ4v) is 2.19. The normalized spacial score (nSPS) is 14.0. The van der Waals surface area contributed by atoms with E-state index in [1.165, 1.54) is 18.4 Å². The molecule has 3 N–H and O–H groups in total. The van der Waals surface area contributed by atoms with E-state index in [0.717, 1.165) is 5.39 Å². The van der Waals surface area contributed by atoms with E-state index in [0.29, 0.717) is 11.1 Å². The summed E-state index contributed by atoms with van der Waals surface area (Å²) in [6.45, 7) is 5.53. The lowest BCUT2D eigenvalue weighted by atomic mass is 10.0.